The van der Waals surface area contributed by atoms with Crippen LogP contribution in [0.25, 0.3) is 0 Å². The summed E-state index contributed by atoms with van der Waals surface area (Å²) in [5, 5.41) is 14.6. The zero-order valence-electron chi connectivity index (χ0n) is 13.9. The lowest BCUT2D eigenvalue weighted by molar-refractivity contribution is 0.485. The maximum Gasteiger partial charge on any atom is 0.194 e. The van der Waals surface area contributed by atoms with Crippen LogP contribution in [0.15, 0.2) is 29.2 Å². The van der Waals surface area contributed by atoms with Gasteiger partial charge in [0.1, 0.15) is 12.4 Å². The molecule has 0 aliphatic carbocycles. The van der Waals surface area contributed by atoms with Gasteiger partial charge in [-0.2, -0.15) is 0 Å². The maximum absolute atomic E-state index is 4.65. The molecule has 1 N–H and O–H groups in total. The van der Waals surface area contributed by atoms with E-state index < -0.39 is 0 Å². The molecule has 2 aromatic heterocycles. The third kappa shape index (κ3) is 4.88. The van der Waals surface area contributed by atoms with Crippen molar-refractivity contribution >= 4 is 17.3 Å². The summed E-state index contributed by atoms with van der Waals surface area (Å²) in [4.78, 5) is 11.1. The van der Waals surface area contributed by atoms with Crippen molar-refractivity contribution in [1.82, 2.24) is 30.0 Å². The average molecular weight is 333 g/mol. The lowest BCUT2D eigenvalue weighted by atomic mass is 10.4. The van der Waals surface area contributed by atoms with Crippen molar-refractivity contribution in [3.8, 4) is 0 Å². The van der Waals surface area contributed by atoms with Gasteiger partial charge in [-0.05, 0) is 6.92 Å². The van der Waals surface area contributed by atoms with Crippen LogP contribution in [0.3, 0.4) is 0 Å². The second kappa shape index (κ2) is 8.42. The van der Waals surface area contributed by atoms with Crippen molar-refractivity contribution in [2.75, 3.05) is 20.1 Å². The summed E-state index contributed by atoms with van der Waals surface area (Å²) in [5.74, 6) is 2.55. The summed E-state index contributed by atoms with van der Waals surface area (Å²) in [6.07, 6.45) is 4.55. The van der Waals surface area contributed by atoms with Crippen molar-refractivity contribution in [3.63, 3.8) is 0 Å². The molecule has 0 bridgehead atoms. The molecule has 2 heterocycles. The van der Waals surface area contributed by atoms with Crippen LogP contribution in [0.2, 0.25) is 0 Å². The van der Waals surface area contributed by atoms with E-state index in [1.165, 1.54) is 0 Å². The minimum absolute atomic E-state index is 0.485. The number of guanidine groups is 1. The maximum atomic E-state index is 4.65. The van der Waals surface area contributed by atoms with E-state index in [0.29, 0.717) is 13.1 Å². The quantitative estimate of drug-likeness (QED) is 0.471. The smallest absolute Gasteiger partial charge is 0.194 e. The number of likely N-dealkylation sites (N-methyl/N-ethyl adjacent to an activating group) is 1. The molecule has 0 aliphatic rings. The summed E-state index contributed by atoms with van der Waals surface area (Å²) >= 11 is 1.67. The molecule has 0 saturated heterocycles. The highest BCUT2D eigenvalue weighted by atomic mass is 32.1. The van der Waals surface area contributed by atoms with Crippen LogP contribution in [0.5, 0.6) is 0 Å². The number of rotatable bonds is 7. The molecule has 0 saturated carbocycles. The molecule has 2 aromatic rings. The summed E-state index contributed by atoms with van der Waals surface area (Å²) in [6, 6.07) is 0. The fourth-order valence-corrected chi connectivity index (χ4v) is 2.56. The molecule has 2 rings (SSSR count). The second-order valence-electron chi connectivity index (χ2n) is 5.13. The summed E-state index contributed by atoms with van der Waals surface area (Å²) in [5.41, 5.74) is 0. The highest BCUT2D eigenvalue weighted by Gasteiger charge is 2.09. The van der Waals surface area contributed by atoms with Gasteiger partial charge in [0.15, 0.2) is 11.8 Å². The van der Waals surface area contributed by atoms with Crippen LogP contribution < -0.4 is 5.32 Å². The fraction of sp³-hybridized carbons (Fsp3) is 0.467. The fourth-order valence-electron chi connectivity index (χ4n) is 1.96. The molecule has 8 heteroatoms. The van der Waals surface area contributed by atoms with Gasteiger partial charge in [0, 0.05) is 45.2 Å². The first-order valence-electron chi connectivity index (χ1n) is 7.45. The number of nitrogens with one attached hydrogen (secondary N) is 1. The van der Waals surface area contributed by atoms with Crippen molar-refractivity contribution < 1.29 is 0 Å². The van der Waals surface area contributed by atoms with Crippen LogP contribution in [0.4, 0.5) is 0 Å². The Balaban J connectivity index is 2.00. The standard InChI is InChI=1S/C15H23N7S/c1-5-7-17-15(18-11-13-20-19-12(2)22(13)4)21(3)9-6-14-16-8-10-23-14/h5,8,10H,1,6-7,9,11H2,2-4H3,(H,17,18). The van der Waals surface area contributed by atoms with Gasteiger partial charge in [-0.15, -0.1) is 28.1 Å². The summed E-state index contributed by atoms with van der Waals surface area (Å²) in [7, 11) is 3.97. The lowest BCUT2D eigenvalue weighted by Gasteiger charge is -2.21. The zero-order chi connectivity index (χ0) is 16.7. The summed E-state index contributed by atoms with van der Waals surface area (Å²) in [6.45, 7) is 7.66. The Hall–Kier alpha value is -2.22. The first-order chi connectivity index (χ1) is 11.1. The second-order valence-corrected chi connectivity index (χ2v) is 6.11. The van der Waals surface area contributed by atoms with Crippen molar-refractivity contribution in [1.29, 1.82) is 0 Å². The highest BCUT2D eigenvalue weighted by molar-refractivity contribution is 7.09. The third-order valence-electron chi connectivity index (χ3n) is 3.46. The molecule has 0 spiro atoms. The third-order valence-corrected chi connectivity index (χ3v) is 4.30. The van der Waals surface area contributed by atoms with E-state index in [9.17, 15) is 0 Å². The molecule has 0 aromatic carbocycles. The minimum atomic E-state index is 0.485. The lowest BCUT2D eigenvalue weighted by Crippen LogP contribution is -2.40. The molecule has 0 atom stereocenters. The summed E-state index contributed by atoms with van der Waals surface area (Å²) < 4.78 is 1.95. The first-order valence-corrected chi connectivity index (χ1v) is 8.33. The van der Waals surface area contributed by atoms with Gasteiger partial charge < -0.3 is 14.8 Å². The minimum Gasteiger partial charge on any atom is -0.353 e. The Kier molecular flexibility index (Phi) is 6.28. The Morgan fingerprint density at radius 1 is 1.52 bits per heavy atom. The Morgan fingerprint density at radius 2 is 2.35 bits per heavy atom. The average Bonchev–Trinajstić information content (AvgIpc) is 3.17. The molecule has 124 valence electrons. The van der Waals surface area contributed by atoms with E-state index in [1.54, 1.807) is 11.3 Å². The molecular weight excluding hydrogens is 310 g/mol. The highest BCUT2D eigenvalue weighted by Crippen LogP contribution is 2.06. The van der Waals surface area contributed by atoms with E-state index in [4.69, 9.17) is 0 Å². The molecular formula is C15H23N7S. The predicted octanol–water partition coefficient (Wildman–Crippen LogP) is 1.39. The largest absolute Gasteiger partial charge is 0.353 e. The number of thiazole rings is 1. The van der Waals surface area contributed by atoms with Gasteiger partial charge in [0.25, 0.3) is 0 Å². The molecule has 0 unspecified atom stereocenters. The van der Waals surface area contributed by atoms with Crippen molar-refractivity contribution in [3.05, 3.63) is 40.9 Å². The van der Waals surface area contributed by atoms with E-state index >= 15 is 0 Å². The van der Waals surface area contributed by atoms with Crippen molar-refractivity contribution in [2.45, 2.75) is 19.9 Å². The van der Waals surface area contributed by atoms with Crippen LogP contribution in [-0.2, 0) is 20.0 Å². The molecule has 0 aliphatic heterocycles. The van der Waals surface area contributed by atoms with Gasteiger partial charge in [-0.1, -0.05) is 6.08 Å². The van der Waals surface area contributed by atoms with Crippen LogP contribution >= 0.6 is 11.3 Å². The van der Waals surface area contributed by atoms with E-state index in [1.807, 2.05) is 43.2 Å². The molecule has 0 amide bonds. The Labute approximate surface area is 140 Å². The van der Waals surface area contributed by atoms with Gasteiger partial charge in [0.2, 0.25) is 0 Å². The normalized spacial score (nSPS) is 11.5. The number of hydrogen-bond acceptors (Lipinski definition) is 5. The molecule has 0 radical (unpaired) electrons. The number of aliphatic imine (C=N–C) groups is 1. The SMILES string of the molecule is C=CCNC(=NCc1nnc(C)n1C)N(C)CCc1nccs1. The van der Waals surface area contributed by atoms with E-state index in [0.717, 1.165) is 35.6 Å². The van der Waals surface area contributed by atoms with Gasteiger partial charge in [0.05, 0.1) is 5.01 Å². The van der Waals surface area contributed by atoms with Gasteiger partial charge >= 0.3 is 0 Å². The van der Waals surface area contributed by atoms with Gasteiger partial charge in [-0.25, -0.2) is 9.98 Å². The zero-order valence-corrected chi connectivity index (χ0v) is 14.7. The van der Waals surface area contributed by atoms with Crippen LogP contribution in [-0.4, -0.2) is 50.7 Å². The first kappa shape index (κ1) is 17.1. The number of aryl methyl sites for hydroxylation is 1. The van der Waals surface area contributed by atoms with E-state index in [-0.39, 0.29) is 0 Å². The molecule has 23 heavy (non-hydrogen) atoms. The van der Waals surface area contributed by atoms with E-state index in [2.05, 4.69) is 37.0 Å². The Bertz CT molecular complexity index is 645. The Morgan fingerprint density at radius 3 is 2.96 bits per heavy atom. The van der Waals surface area contributed by atoms with Gasteiger partial charge in [-0.3, -0.25) is 0 Å². The van der Waals surface area contributed by atoms with Crippen molar-refractivity contribution in [2.24, 2.45) is 12.0 Å². The predicted molar refractivity (Wildman–Crippen MR) is 93.5 cm³/mol. The number of hydrogen-bond donors (Lipinski definition) is 1. The monoisotopic (exact) mass is 333 g/mol. The number of nitrogens with zero attached hydrogens (tertiary/aromatic N) is 6. The molecule has 7 nitrogen and oxygen atoms in total. The topological polar surface area (TPSA) is 71.2 Å². The van der Waals surface area contributed by atoms with Crippen LogP contribution in [0.1, 0.15) is 16.7 Å². The molecule has 0 fully saturated rings. The van der Waals surface area contributed by atoms with Crippen LogP contribution in [0, 0.1) is 6.92 Å². The number of aromatic nitrogens is 4.